The van der Waals surface area contributed by atoms with Crippen molar-refractivity contribution < 1.29 is 13.7 Å². The number of hydrogen-bond donors (Lipinski definition) is 1. The zero-order valence-corrected chi connectivity index (χ0v) is 13.8. The third-order valence-electron chi connectivity index (χ3n) is 3.07. The van der Waals surface area contributed by atoms with Gasteiger partial charge in [-0.1, -0.05) is 40.2 Å². The summed E-state index contributed by atoms with van der Waals surface area (Å²) in [6, 6.07) is 15.1. The van der Waals surface area contributed by atoms with Crippen molar-refractivity contribution in [2.24, 2.45) is 0 Å². The standard InChI is InChI=1S/C16H12BrNO3S/c17-13-5-1-3-11(7-13)10-21-14-6-2-4-12(8-14)15-9-16(19)18-22(15)20/h1-9H,10H2,(H,18,19). The van der Waals surface area contributed by atoms with Gasteiger partial charge in [-0.3, -0.25) is 9.52 Å². The summed E-state index contributed by atoms with van der Waals surface area (Å²) in [5, 5.41) is 0. The Morgan fingerprint density at radius 2 is 1.95 bits per heavy atom. The summed E-state index contributed by atoms with van der Waals surface area (Å²) in [5.41, 5.74) is 1.75. The fourth-order valence-corrected chi connectivity index (χ4v) is 3.42. The molecule has 1 atom stereocenters. The van der Waals surface area contributed by atoms with E-state index in [2.05, 4.69) is 20.7 Å². The Balaban J connectivity index is 1.76. The number of ether oxygens (including phenoxy) is 1. The highest BCUT2D eigenvalue weighted by Gasteiger charge is 2.21. The van der Waals surface area contributed by atoms with Crippen molar-refractivity contribution in [2.45, 2.75) is 6.61 Å². The SMILES string of the molecule is O=C1C=C(c2cccc(OCc3cccc(Br)c3)c2)S(=O)N1. The molecule has 0 aliphatic carbocycles. The first-order valence-electron chi connectivity index (χ1n) is 6.53. The van der Waals surface area contributed by atoms with Gasteiger partial charge in [0.1, 0.15) is 12.4 Å². The minimum absolute atomic E-state index is 0.339. The third-order valence-corrected chi connectivity index (χ3v) is 4.70. The topological polar surface area (TPSA) is 55.4 Å². The molecule has 112 valence electrons. The summed E-state index contributed by atoms with van der Waals surface area (Å²) >= 11 is 3.42. The van der Waals surface area contributed by atoms with Crippen LogP contribution in [0.1, 0.15) is 11.1 Å². The van der Waals surface area contributed by atoms with Crippen LogP contribution in [0.25, 0.3) is 4.91 Å². The molecule has 0 fully saturated rings. The first-order valence-corrected chi connectivity index (χ1v) is 8.48. The Kier molecular flexibility index (Phi) is 4.40. The predicted molar refractivity (Wildman–Crippen MR) is 89.2 cm³/mol. The molecule has 0 bridgehead atoms. The van der Waals surface area contributed by atoms with Gasteiger partial charge in [0.05, 0.1) is 4.91 Å². The van der Waals surface area contributed by atoms with E-state index in [0.717, 1.165) is 10.0 Å². The van der Waals surface area contributed by atoms with Crippen LogP contribution in [0, 0.1) is 0 Å². The van der Waals surface area contributed by atoms with Gasteiger partial charge < -0.3 is 4.74 Å². The number of amides is 1. The van der Waals surface area contributed by atoms with Crippen LogP contribution in [0.15, 0.2) is 59.1 Å². The van der Waals surface area contributed by atoms with Crippen LogP contribution in [0.3, 0.4) is 0 Å². The molecule has 2 aromatic carbocycles. The predicted octanol–water partition coefficient (Wildman–Crippen LogP) is 3.16. The Morgan fingerprint density at radius 1 is 1.14 bits per heavy atom. The van der Waals surface area contributed by atoms with Crippen molar-refractivity contribution in [2.75, 3.05) is 0 Å². The Hall–Kier alpha value is -1.92. The van der Waals surface area contributed by atoms with Gasteiger partial charge in [0.2, 0.25) is 0 Å². The molecule has 1 aliphatic rings. The summed E-state index contributed by atoms with van der Waals surface area (Å²) in [4.78, 5) is 11.7. The number of benzene rings is 2. The van der Waals surface area contributed by atoms with Gasteiger partial charge in [-0.15, -0.1) is 0 Å². The second kappa shape index (κ2) is 6.46. The van der Waals surface area contributed by atoms with Crippen LogP contribution in [0.4, 0.5) is 0 Å². The van der Waals surface area contributed by atoms with Crippen molar-refractivity contribution >= 4 is 37.7 Å². The fraction of sp³-hybridized carbons (Fsp3) is 0.0625. The second-order valence-corrected chi connectivity index (χ2v) is 6.79. The highest BCUT2D eigenvalue weighted by molar-refractivity contribution is 9.10. The van der Waals surface area contributed by atoms with Crippen molar-refractivity contribution in [3.8, 4) is 5.75 Å². The Bertz CT molecular complexity index is 788. The average Bonchev–Trinajstić information content (AvgIpc) is 2.84. The van der Waals surface area contributed by atoms with Gasteiger partial charge in [-0.2, -0.15) is 0 Å². The molecule has 1 heterocycles. The van der Waals surface area contributed by atoms with Crippen LogP contribution in [0.2, 0.25) is 0 Å². The van der Waals surface area contributed by atoms with Crippen molar-refractivity contribution in [1.82, 2.24) is 4.72 Å². The maximum atomic E-state index is 11.8. The molecule has 22 heavy (non-hydrogen) atoms. The molecular formula is C16H12BrNO3S. The molecule has 0 saturated carbocycles. The van der Waals surface area contributed by atoms with Crippen LogP contribution in [-0.2, 0) is 22.4 Å². The zero-order chi connectivity index (χ0) is 15.5. The van der Waals surface area contributed by atoms with E-state index in [0.29, 0.717) is 22.8 Å². The maximum absolute atomic E-state index is 11.8. The summed E-state index contributed by atoms with van der Waals surface area (Å²) in [6.45, 7) is 0.433. The lowest BCUT2D eigenvalue weighted by Crippen LogP contribution is -2.16. The quantitative estimate of drug-likeness (QED) is 0.889. The zero-order valence-electron chi connectivity index (χ0n) is 11.4. The lowest BCUT2D eigenvalue weighted by Gasteiger charge is -2.08. The van der Waals surface area contributed by atoms with Gasteiger partial charge >= 0.3 is 0 Å². The van der Waals surface area contributed by atoms with E-state index in [1.807, 2.05) is 36.4 Å². The number of hydrogen-bond acceptors (Lipinski definition) is 3. The van der Waals surface area contributed by atoms with Gasteiger partial charge in [0, 0.05) is 10.5 Å². The van der Waals surface area contributed by atoms with E-state index in [1.165, 1.54) is 6.08 Å². The highest BCUT2D eigenvalue weighted by Crippen LogP contribution is 2.25. The van der Waals surface area contributed by atoms with E-state index in [4.69, 9.17) is 4.74 Å². The monoisotopic (exact) mass is 377 g/mol. The first kappa shape index (κ1) is 15.0. The molecule has 0 saturated heterocycles. The molecular weight excluding hydrogens is 366 g/mol. The van der Waals surface area contributed by atoms with Crippen LogP contribution < -0.4 is 9.46 Å². The van der Waals surface area contributed by atoms with Crippen LogP contribution >= 0.6 is 15.9 Å². The second-order valence-electron chi connectivity index (χ2n) is 4.69. The first-order chi connectivity index (χ1) is 10.6. The maximum Gasteiger partial charge on any atom is 0.257 e. The van der Waals surface area contributed by atoms with Crippen molar-refractivity contribution in [3.63, 3.8) is 0 Å². The normalized spacial score (nSPS) is 17.0. The molecule has 1 unspecified atom stereocenters. The lowest BCUT2D eigenvalue weighted by molar-refractivity contribution is -0.114. The summed E-state index contributed by atoms with van der Waals surface area (Å²) < 4.78 is 20.9. The molecule has 0 radical (unpaired) electrons. The Labute approximate surface area is 138 Å². The number of carbonyl (C=O) groups is 1. The van der Waals surface area contributed by atoms with E-state index >= 15 is 0 Å². The van der Waals surface area contributed by atoms with Crippen molar-refractivity contribution in [1.29, 1.82) is 0 Å². The molecule has 3 rings (SSSR count). The minimum atomic E-state index is -1.49. The van der Waals surface area contributed by atoms with E-state index < -0.39 is 11.0 Å². The lowest BCUT2D eigenvalue weighted by atomic mass is 10.2. The highest BCUT2D eigenvalue weighted by atomic mass is 79.9. The summed E-state index contributed by atoms with van der Waals surface area (Å²) in [7, 11) is -1.49. The number of rotatable bonds is 4. The molecule has 6 heteroatoms. The molecule has 1 aliphatic heterocycles. The molecule has 0 spiro atoms. The summed E-state index contributed by atoms with van der Waals surface area (Å²) in [6.07, 6.45) is 1.35. The molecule has 0 aromatic heterocycles. The number of nitrogens with one attached hydrogen (secondary N) is 1. The van der Waals surface area contributed by atoms with Gasteiger partial charge in [0.15, 0.2) is 11.0 Å². The fourth-order valence-electron chi connectivity index (χ4n) is 2.07. The van der Waals surface area contributed by atoms with Crippen molar-refractivity contribution in [3.05, 3.63) is 70.2 Å². The largest absolute Gasteiger partial charge is 0.489 e. The smallest absolute Gasteiger partial charge is 0.257 e. The van der Waals surface area contributed by atoms with Gasteiger partial charge in [-0.25, -0.2) is 4.21 Å². The Morgan fingerprint density at radius 3 is 2.68 bits per heavy atom. The minimum Gasteiger partial charge on any atom is -0.489 e. The van der Waals surface area contributed by atoms with E-state index in [-0.39, 0.29) is 5.91 Å². The molecule has 1 N–H and O–H groups in total. The van der Waals surface area contributed by atoms with Gasteiger partial charge in [0.25, 0.3) is 5.91 Å². The van der Waals surface area contributed by atoms with Crippen LogP contribution in [0.5, 0.6) is 5.75 Å². The molecule has 4 nitrogen and oxygen atoms in total. The van der Waals surface area contributed by atoms with E-state index in [9.17, 15) is 9.00 Å². The van der Waals surface area contributed by atoms with Gasteiger partial charge in [-0.05, 0) is 35.4 Å². The molecule has 2 aromatic rings. The van der Waals surface area contributed by atoms with E-state index in [1.54, 1.807) is 12.1 Å². The average molecular weight is 378 g/mol. The number of carbonyl (C=O) groups excluding carboxylic acids is 1. The summed E-state index contributed by atoms with van der Waals surface area (Å²) in [5.74, 6) is 0.323. The molecule has 1 amide bonds. The number of halogens is 1. The van der Waals surface area contributed by atoms with Crippen LogP contribution in [-0.4, -0.2) is 10.1 Å². The third kappa shape index (κ3) is 3.45.